The lowest BCUT2D eigenvalue weighted by Crippen LogP contribution is -1.87. The molecule has 0 saturated carbocycles. The van der Waals surface area contributed by atoms with E-state index in [1.54, 1.807) is 37.2 Å². The largest absolute Gasteiger partial charge is 0.392 e. The summed E-state index contributed by atoms with van der Waals surface area (Å²) in [6.07, 6.45) is 11.2. The van der Waals surface area contributed by atoms with Crippen LogP contribution in [0.5, 0.6) is 0 Å². The summed E-state index contributed by atoms with van der Waals surface area (Å²) in [4.78, 5) is 14.8. The Labute approximate surface area is 96.7 Å². The van der Waals surface area contributed by atoms with Gasteiger partial charge < -0.3 is 11.3 Å². The topological polar surface area (TPSA) is 143 Å². The minimum atomic E-state index is -1.00. The van der Waals surface area contributed by atoms with Crippen molar-refractivity contribution in [2.45, 2.75) is 0 Å². The van der Waals surface area contributed by atoms with E-state index in [4.69, 9.17) is 21.7 Å². The quantitative estimate of drug-likeness (QED) is 0.442. The molecule has 2 heterocycles. The molecule has 2 aromatic heterocycles. The van der Waals surface area contributed by atoms with Gasteiger partial charge in [0.2, 0.25) is 0 Å². The van der Waals surface area contributed by atoms with Crippen molar-refractivity contribution < 1.29 is 15.4 Å². The number of hydrogen-bond donors (Lipinski definition) is 3. The van der Waals surface area contributed by atoms with Gasteiger partial charge in [0.15, 0.2) is 0 Å². The van der Waals surface area contributed by atoms with E-state index in [2.05, 4.69) is 19.9 Å². The summed E-state index contributed by atoms with van der Waals surface area (Å²) in [6, 6.07) is 0. The Balaban J connectivity index is 0.000000236. The molecule has 0 fully saturated rings. The van der Waals surface area contributed by atoms with E-state index in [0.29, 0.717) is 5.82 Å². The van der Waals surface area contributed by atoms with Crippen LogP contribution in [0.3, 0.4) is 0 Å². The van der Waals surface area contributed by atoms with E-state index in [1.807, 2.05) is 0 Å². The fourth-order valence-corrected chi connectivity index (χ4v) is 0.564. The van der Waals surface area contributed by atoms with E-state index < -0.39 is 5.02 Å². The molecule has 0 spiro atoms. The van der Waals surface area contributed by atoms with Crippen LogP contribution in [0, 0.1) is 0 Å². The van der Waals surface area contributed by atoms with Gasteiger partial charge in [-0.3, -0.25) is 25.4 Å². The zero-order valence-corrected chi connectivity index (χ0v) is 8.70. The molecule has 0 aromatic carbocycles. The van der Waals surface area contributed by atoms with Crippen LogP contribution < -0.4 is 5.73 Å². The van der Waals surface area contributed by atoms with Crippen molar-refractivity contribution in [3.05, 3.63) is 48.9 Å². The van der Waals surface area contributed by atoms with Crippen LogP contribution >= 0.6 is 0 Å². The molecule has 0 amide bonds. The van der Waals surface area contributed by atoms with Crippen LogP contribution in [0.15, 0.2) is 43.4 Å². The minimum Gasteiger partial charge on any atom is -0.392 e. The zero-order valence-electron chi connectivity index (χ0n) is 8.70. The van der Waals surface area contributed by atoms with Gasteiger partial charge in [0.05, 0.1) is 6.20 Å². The molecule has 2 aromatic rings. The summed E-state index contributed by atoms with van der Waals surface area (Å²) in [5.41, 5.74) is 12.2. The van der Waals surface area contributed by atoms with Crippen molar-refractivity contribution in [3.63, 3.8) is 0 Å². The summed E-state index contributed by atoms with van der Waals surface area (Å²) in [6.45, 7) is 0. The van der Waals surface area contributed by atoms with Crippen molar-refractivity contribution >= 4 is 5.82 Å². The highest BCUT2D eigenvalue weighted by Crippen LogP contribution is 1.84. The normalized spacial score (nSPS) is 7.76. The molecule has 9 nitrogen and oxygen atoms in total. The summed E-state index contributed by atoms with van der Waals surface area (Å²) in [7, 11) is 0. The summed E-state index contributed by atoms with van der Waals surface area (Å²) < 4.78 is 0. The highest BCUT2D eigenvalue weighted by atomic mass is 16.8. The Morgan fingerprint density at radius 3 is 1.53 bits per heavy atom. The third-order valence-corrected chi connectivity index (χ3v) is 1.06. The first-order chi connectivity index (χ1) is 8.13. The first-order valence-corrected chi connectivity index (χ1v) is 4.21. The Kier molecular flexibility index (Phi) is 8.08. The molecule has 2 rings (SSSR count). The zero-order chi connectivity index (χ0) is 12.9. The SMILES string of the molecule is Nc1cnccn1.[N-]=[N+](O)O.c1cnccn1. The Bertz CT molecular complexity index is 366. The van der Waals surface area contributed by atoms with E-state index in [0.717, 1.165) is 0 Å². The highest BCUT2D eigenvalue weighted by molar-refractivity contribution is 5.20. The van der Waals surface area contributed by atoms with E-state index in [-0.39, 0.29) is 0 Å². The van der Waals surface area contributed by atoms with Gasteiger partial charge in [-0.2, -0.15) is 0 Å². The van der Waals surface area contributed by atoms with Gasteiger partial charge in [0.1, 0.15) is 10.8 Å². The van der Waals surface area contributed by atoms with Gasteiger partial charge in [0, 0.05) is 37.2 Å². The molecule has 0 bridgehead atoms. The number of nitrogens with two attached hydrogens (primary N) is 1. The van der Waals surface area contributed by atoms with Gasteiger partial charge in [-0.1, -0.05) is 0 Å². The maximum Gasteiger partial charge on any atom is 0.141 e. The third kappa shape index (κ3) is 13.2. The van der Waals surface area contributed by atoms with Gasteiger partial charge in [0.25, 0.3) is 0 Å². The number of anilines is 1. The standard InChI is InChI=1S/C4H5N3.C4H4N2.H2N2O2/c5-4-3-6-1-2-7-4;1-2-6-4-3-5-1;1-2(3)4/h1-3H,(H2,5,7);1-4H;3-4H. The van der Waals surface area contributed by atoms with Crippen LogP contribution in [-0.4, -0.2) is 35.4 Å². The van der Waals surface area contributed by atoms with Crippen molar-refractivity contribution in [3.8, 4) is 0 Å². The average molecular weight is 237 g/mol. The van der Waals surface area contributed by atoms with Crippen molar-refractivity contribution in [1.82, 2.24) is 19.9 Å². The minimum absolute atomic E-state index is 0.461. The summed E-state index contributed by atoms with van der Waals surface area (Å²) in [5.74, 6) is 0.461. The molecule has 0 radical (unpaired) electrons. The lowest BCUT2D eigenvalue weighted by molar-refractivity contribution is -0.969. The maximum absolute atomic E-state index is 7.00. The molecule has 9 heteroatoms. The Morgan fingerprint density at radius 2 is 1.35 bits per heavy atom. The van der Waals surface area contributed by atoms with Gasteiger partial charge in [-0.25, -0.2) is 4.98 Å². The van der Waals surface area contributed by atoms with Crippen LogP contribution in [0.2, 0.25) is 0 Å². The molecule has 0 aliphatic heterocycles. The van der Waals surface area contributed by atoms with Crippen molar-refractivity contribution in [2.24, 2.45) is 0 Å². The molecule has 17 heavy (non-hydrogen) atoms. The van der Waals surface area contributed by atoms with Crippen LogP contribution in [0.4, 0.5) is 5.82 Å². The van der Waals surface area contributed by atoms with Crippen LogP contribution in [0.1, 0.15) is 0 Å². The number of rotatable bonds is 0. The molecule has 0 aliphatic carbocycles. The Morgan fingerprint density at radius 1 is 0.941 bits per heavy atom. The lowest BCUT2D eigenvalue weighted by Gasteiger charge is -1.82. The fourth-order valence-electron chi connectivity index (χ4n) is 0.564. The van der Waals surface area contributed by atoms with Gasteiger partial charge in [-0.15, -0.1) is 0 Å². The van der Waals surface area contributed by atoms with Crippen molar-refractivity contribution in [1.29, 1.82) is 0 Å². The molecule has 0 saturated heterocycles. The Hall–Kier alpha value is -2.84. The van der Waals surface area contributed by atoms with E-state index >= 15 is 0 Å². The van der Waals surface area contributed by atoms with E-state index in [9.17, 15) is 0 Å². The molecule has 0 aliphatic rings. The smallest absolute Gasteiger partial charge is 0.141 e. The third-order valence-electron chi connectivity index (χ3n) is 1.06. The molecular weight excluding hydrogens is 226 g/mol. The van der Waals surface area contributed by atoms with Crippen LogP contribution in [-0.2, 0) is 0 Å². The summed E-state index contributed by atoms with van der Waals surface area (Å²) in [5, 5.41) is 13.0. The number of nitrogens with zero attached hydrogens (tertiary/aromatic N) is 6. The van der Waals surface area contributed by atoms with Gasteiger partial charge >= 0.3 is 0 Å². The fraction of sp³-hybridized carbons (Fsp3) is 0. The number of aromatic nitrogens is 4. The second kappa shape index (κ2) is 9.71. The lowest BCUT2D eigenvalue weighted by atomic mass is 10.7. The molecule has 90 valence electrons. The van der Waals surface area contributed by atoms with E-state index in [1.165, 1.54) is 6.20 Å². The van der Waals surface area contributed by atoms with Crippen LogP contribution in [0.25, 0.3) is 5.53 Å². The monoisotopic (exact) mass is 237 g/mol. The predicted octanol–water partition coefficient (Wildman–Crippen LogP) is 0.334. The summed E-state index contributed by atoms with van der Waals surface area (Å²) >= 11 is 0. The second-order valence-electron chi connectivity index (χ2n) is 2.29. The first kappa shape index (κ1) is 14.2. The maximum atomic E-state index is 7.00. The van der Waals surface area contributed by atoms with Crippen molar-refractivity contribution in [2.75, 3.05) is 5.73 Å². The first-order valence-electron chi connectivity index (χ1n) is 4.21. The number of nitrogen functional groups attached to an aromatic ring is 1. The molecular formula is C8H11N7O2. The predicted molar refractivity (Wildman–Crippen MR) is 55.7 cm³/mol. The number of hydrogen-bond acceptors (Lipinski definition) is 5. The molecule has 4 N–H and O–H groups in total. The molecule has 0 unspecified atom stereocenters. The second-order valence-corrected chi connectivity index (χ2v) is 2.29. The van der Waals surface area contributed by atoms with Gasteiger partial charge in [-0.05, 0) is 0 Å². The molecule has 0 atom stereocenters. The average Bonchev–Trinajstić information content (AvgIpc) is 2.32. The highest BCUT2D eigenvalue weighted by Gasteiger charge is 1.74.